The number of rotatable bonds is 4. The summed E-state index contributed by atoms with van der Waals surface area (Å²) in [4.78, 5) is 8.80. The third-order valence-corrected chi connectivity index (χ3v) is 3.17. The van der Waals surface area contributed by atoms with Gasteiger partial charge in [0.05, 0.1) is 5.69 Å². The maximum atomic E-state index is 4.52. The lowest BCUT2D eigenvalue weighted by molar-refractivity contribution is 1.12. The van der Waals surface area contributed by atoms with Crippen molar-refractivity contribution >= 4 is 24.3 Å². The van der Waals surface area contributed by atoms with Crippen LogP contribution in [0.3, 0.4) is 0 Å². The van der Waals surface area contributed by atoms with Crippen LogP contribution in [-0.4, -0.2) is 9.97 Å². The van der Waals surface area contributed by atoms with Crippen LogP contribution in [0, 0.1) is 0 Å². The van der Waals surface area contributed by atoms with E-state index in [-0.39, 0.29) is 0 Å². The number of nitrogens with zero attached hydrogens (tertiary/aromatic N) is 2. The molecule has 0 aliphatic carbocycles. The van der Waals surface area contributed by atoms with E-state index in [2.05, 4.69) is 34.2 Å². The lowest BCUT2D eigenvalue weighted by Crippen LogP contribution is -1.88. The summed E-state index contributed by atoms with van der Waals surface area (Å²) in [6.45, 7) is 0. The van der Waals surface area contributed by atoms with Gasteiger partial charge in [-0.15, -0.1) is 0 Å². The second kappa shape index (κ2) is 7.14. The van der Waals surface area contributed by atoms with Gasteiger partial charge in [-0.1, -0.05) is 72.8 Å². The van der Waals surface area contributed by atoms with E-state index in [0.29, 0.717) is 5.82 Å². The molecule has 0 N–H and O–H groups in total. The van der Waals surface area contributed by atoms with Gasteiger partial charge in [0.25, 0.3) is 0 Å². The van der Waals surface area contributed by atoms with Crippen LogP contribution in [0.2, 0.25) is 0 Å². The van der Waals surface area contributed by atoms with Crippen LogP contribution < -0.4 is 0 Å². The Balaban J connectivity index is 1.75. The van der Waals surface area contributed by atoms with E-state index in [1.54, 1.807) is 6.20 Å². The highest BCUT2D eigenvalue weighted by molar-refractivity contribution is 5.69. The predicted molar refractivity (Wildman–Crippen MR) is 92.8 cm³/mol. The number of hydrogen-bond acceptors (Lipinski definition) is 2. The van der Waals surface area contributed by atoms with Crippen molar-refractivity contribution in [3.8, 4) is 0 Å². The molecule has 0 unspecified atom stereocenters. The molecule has 0 atom stereocenters. The quantitative estimate of drug-likeness (QED) is 0.686. The van der Waals surface area contributed by atoms with Crippen LogP contribution in [0.4, 0.5) is 0 Å². The molecule has 0 bridgehead atoms. The fraction of sp³-hybridized carbons (Fsp3) is 0. The Kier molecular flexibility index (Phi) is 4.53. The smallest absolute Gasteiger partial charge is 0.152 e. The van der Waals surface area contributed by atoms with Crippen LogP contribution in [0.1, 0.15) is 22.6 Å². The number of aromatic nitrogens is 2. The predicted octanol–water partition coefficient (Wildman–Crippen LogP) is 4.82. The van der Waals surface area contributed by atoms with Crippen LogP contribution in [0.15, 0.2) is 72.9 Å². The summed E-state index contributed by atoms with van der Waals surface area (Å²) in [5.41, 5.74) is 3.19. The van der Waals surface area contributed by atoms with Crippen molar-refractivity contribution in [1.82, 2.24) is 9.97 Å². The van der Waals surface area contributed by atoms with Crippen molar-refractivity contribution < 1.29 is 0 Å². The summed E-state index contributed by atoms with van der Waals surface area (Å²) in [7, 11) is 0. The van der Waals surface area contributed by atoms with Gasteiger partial charge in [0.2, 0.25) is 0 Å². The van der Waals surface area contributed by atoms with E-state index >= 15 is 0 Å². The molecule has 0 spiro atoms. The van der Waals surface area contributed by atoms with Gasteiger partial charge < -0.3 is 0 Å². The monoisotopic (exact) mass is 284 g/mol. The number of benzene rings is 2. The minimum atomic E-state index is 0.707. The highest BCUT2D eigenvalue weighted by Crippen LogP contribution is 2.08. The van der Waals surface area contributed by atoms with Gasteiger partial charge in [0.1, 0.15) is 0 Å². The average molecular weight is 284 g/mol. The molecule has 0 aliphatic heterocycles. The van der Waals surface area contributed by atoms with Gasteiger partial charge in [-0.2, -0.15) is 0 Å². The summed E-state index contributed by atoms with van der Waals surface area (Å²) in [5, 5.41) is 0. The van der Waals surface area contributed by atoms with Gasteiger partial charge in [-0.05, 0) is 29.3 Å². The fourth-order valence-corrected chi connectivity index (χ4v) is 2.04. The Hall–Kier alpha value is -3.00. The van der Waals surface area contributed by atoms with Crippen LogP contribution in [0.5, 0.6) is 0 Å². The maximum Gasteiger partial charge on any atom is 0.152 e. The van der Waals surface area contributed by atoms with E-state index < -0.39 is 0 Å². The molecule has 2 aromatic carbocycles. The summed E-state index contributed by atoms with van der Waals surface area (Å²) in [6.07, 6.45) is 9.77. The molecule has 0 saturated carbocycles. The fourth-order valence-electron chi connectivity index (χ4n) is 2.04. The van der Waals surface area contributed by atoms with Crippen molar-refractivity contribution in [2.24, 2.45) is 0 Å². The molecule has 2 heteroatoms. The molecule has 1 heterocycles. The van der Waals surface area contributed by atoms with Gasteiger partial charge in [-0.3, -0.25) is 0 Å². The minimum absolute atomic E-state index is 0.707. The molecule has 3 rings (SSSR count). The van der Waals surface area contributed by atoms with Crippen LogP contribution in [-0.2, 0) is 0 Å². The first-order chi connectivity index (χ1) is 10.9. The Labute approximate surface area is 130 Å². The zero-order valence-corrected chi connectivity index (χ0v) is 12.1. The standard InChI is InChI=1S/C20H16N2/c1-3-7-17(8-4-1)11-13-19-15-16-21-20(22-19)14-12-18-9-5-2-6-10-18/h1-16H. The molecule has 106 valence electrons. The lowest BCUT2D eigenvalue weighted by Gasteiger charge is -1.96. The molecule has 22 heavy (non-hydrogen) atoms. The van der Waals surface area contributed by atoms with Gasteiger partial charge in [0.15, 0.2) is 5.82 Å². The first-order valence-electron chi connectivity index (χ1n) is 7.19. The second-order valence-electron chi connectivity index (χ2n) is 4.83. The first kappa shape index (κ1) is 14.0. The molecular formula is C20H16N2. The molecule has 0 aliphatic rings. The lowest BCUT2D eigenvalue weighted by atomic mass is 10.2. The maximum absolute atomic E-state index is 4.52. The molecule has 0 fully saturated rings. The SMILES string of the molecule is C(=Cc1ccnc(C=Cc2ccccc2)n1)c1ccccc1. The second-order valence-corrected chi connectivity index (χ2v) is 4.83. The van der Waals surface area contributed by atoms with Crippen molar-refractivity contribution in [3.63, 3.8) is 0 Å². The van der Waals surface area contributed by atoms with Crippen molar-refractivity contribution in [3.05, 3.63) is 95.6 Å². The third kappa shape index (κ3) is 4.00. The first-order valence-corrected chi connectivity index (χ1v) is 7.19. The highest BCUT2D eigenvalue weighted by Gasteiger charge is 1.93. The molecule has 1 aromatic heterocycles. The molecule has 0 amide bonds. The Morgan fingerprint density at radius 3 is 1.82 bits per heavy atom. The zero-order valence-electron chi connectivity index (χ0n) is 12.1. The molecule has 3 aromatic rings. The summed E-state index contributed by atoms with van der Waals surface area (Å²) < 4.78 is 0. The van der Waals surface area contributed by atoms with E-state index in [0.717, 1.165) is 16.8 Å². The van der Waals surface area contributed by atoms with E-state index in [1.807, 2.05) is 66.8 Å². The third-order valence-electron chi connectivity index (χ3n) is 3.17. The Morgan fingerprint density at radius 1 is 0.591 bits per heavy atom. The topological polar surface area (TPSA) is 25.8 Å². The Morgan fingerprint density at radius 2 is 1.18 bits per heavy atom. The summed E-state index contributed by atoms with van der Waals surface area (Å²) in [5.74, 6) is 0.707. The minimum Gasteiger partial charge on any atom is -0.237 e. The molecule has 2 nitrogen and oxygen atoms in total. The van der Waals surface area contributed by atoms with E-state index in [9.17, 15) is 0 Å². The number of hydrogen-bond donors (Lipinski definition) is 0. The normalized spacial score (nSPS) is 11.3. The van der Waals surface area contributed by atoms with E-state index in [4.69, 9.17) is 0 Å². The largest absolute Gasteiger partial charge is 0.237 e. The van der Waals surface area contributed by atoms with Gasteiger partial charge >= 0.3 is 0 Å². The van der Waals surface area contributed by atoms with Crippen molar-refractivity contribution in [2.75, 3.05) is 0 Å². The average Bonchev–Trinajstić information content (AvgIpc) is 2.60. The Bertz CT molecular complexity index is 710. The molecule has 0 radical (unpaired) electrons. The van der Waals surface area contributed by atoms with Crippen molar-refractivity contribution in [2.45, 2.75) is 0 Å². The highest BCUT2D eigenvalue weighted by atomic mass is 14.9. The molecule has 0 saturated heterocycles. The van der Waals surface area contributed by atoms with Gasteiger partial charge in [0, 0.05) is 6.20 Å². The van der Waals surface area contributed by atoms with Gasteiger partial charge in [-0.25, -0.2) is 9.97 Å². The van der Waals surface area contributed by atoms with Crippen LogP contribution >= 0.6 is 0 Å². The summed E-state index contributed by atoms with van der Waals surface area (Å²) >= 11 is 0. The van der Waals surface area contributed by atoms with Crippen LogP contribution in [0.25, 0.3) is 24.3 Å². The summed E-state index contributed by atoms with van der Waals surface area (Å²) in [6, 6.07) is 22.2. The zero-order chi connectivity index (χ0) is 15.0. The van der Waals surface area contributed by atoms with E-state index in [1.165, 1.54) is 0 Å². The molecular weight excluding hydrogens is 268 g/mol. The van der Waals surface area contributed by atoms with Crippen molar-refractivity contribution in [1.29, 1.82) is 0 Å².